The van der Waals surface area contributed by atoms with Gasteiger partial charge in [-0.15, -0.1) is 0 Å². The normalized spacial score (nSPS) is 9.64. The molecule has 0 aromatic heterocycles. The molecule has 0 fully saturated rings. The van der Waals surface area contributed by atoms with Crippen molar-refractivity contribution in [3.63, 3.8) is 0 Å². The molecule has 0 N–H and O–H groups in total. The Morgan fingerprint density at radius 2 is 1.91 bits per heavy atom. The Morgan fingerprint density at radius 3 is 2.45 bits per heavy atom. The number of benzene rings is 1. The number of hydrogen-bond donors (Lipinski definition) is 0. The van der Waals surface area contributed by atoms with E-state index in [2.05, 4.69) is 22.6 Å². The van der Waals surface area contributed by atoms with E-state index in [1.165, 1.54) is 0 Å². The summed E-state index contributed by atoms with van der Waals surface area (Å²) in [5, 5.41) is 0. The van der Waals surface area contributed by atoms with E-state index >= 15 is 0 Å². The fourth-order valence-corrected chi connectivity index (χ4v) is 1.05. The first-order valence-corrected chi connectivity index (χ1v) is 4.35. The highest BCUT2D eigenvalue weighted by molar-refractivity contribution is 14.1. The minimum atomic E-state index is -0.439. The standard InChI is InChI=1S/C8H8FIO/c9-5-6-11-8-3-1-7(10)2-4-8/h1-4H,5-6H2. The van der Waals surface area contributed by atoms with Crippen molar-refractivity contribution >= 4 is 22.6 Å². The summed E-state index contributed by atoms with van der Waals surface area (Å²) in [7, 11) is 0. The second-order valence-electron chi connectivity index (χ2n) is 1.99. The van der Waals surface area contributed by atoms with E-state index in [4.69, 9.17) is 4.74 Å². The van der Waals surface area contributed by atoms with Crippen LogP contribution in [0.25, 0.3) is 0 Å². The van der Waals surface area contributed by atoms with E-state index in [-0.39, 0.29) is 6.61 Å². The van der Waals surface area contributed by atoms with E-state index in [9.17, 15) is 4.39 Å². The molecule has 1 aromatic rings. The Balaban J connectivity index is 2.52. The van der Waals surface area contributed by atoms with Crippen LogP contribution in [-0.2, 0) is 0 Å². The third-order valence-corrected chi connectivity index (χ3v) is 1.88. The van der Waals surface area contributed by atoms with Gasteiger partial charge in [0.25, 0.3) is 0 Å². The van der Waals surface area contributed by atoms with Crippen molar-refractivity contribution in [1.82, 2.24) is 0 Å². The van der Waals surface area contributed by atoms with E-state index in [1.807, 2.05) is 24.3 Å². The van der Waals surface area contributed by atoms with Gasteiger partial charge in [0.2, 0.25) is 0 Å². The summed E-state index contributed by atoms with van der Waals surface area (Å²) in [5.41, 5.74) is 0. The zero-order chi connectivity index (χ0) is 8.10. The van der Waals surface area contributed by atoms with Crippen LogP contribution in [0.2, 0.25) is 0 Å². The van der Waals surface area contributed by atoms with Gasteiger partial charge in [-0.05, 0) is 46.9 Å². The number of rotatable bonds is 3. The lowest BCUT2D eigenvalue weighted by atomic mass is 10.3. The minimum absolute atomic E-state index is 0.139. The summed E-state index contributed by atoms with van der Waals surface area (Å²) in [6.45, 7) is -0.299. The first-order valence-electron chi connectivity index (χ1n) is 3.27. The lowest BCUT2D eigenvalue weighted by Gasteiger charge is -2.01. The van der Waals surface area contributed by atoms with Crippen LogP contribution in [-0.4, -0.2) is 13.3 Å². The Kier molecular flexibility index (Phi) is 3.62. The summed E-state index contributed by atoms with van der Waals surface area (Å²) < 4.78 is 17.8. The van der Waals surface area contributed by atoms with Gasteiger partial charge < -0.3 is 4.74 Å². The molecule has 60 valence electrons. The van der Waals surface area contributed by atoms with Crippen molar-refractivity contribution in [2.45, 2.75) is 0 Å². The SMILES string of the molecule is FCCOc1ccc(I)cc1. The first-order chi connectivity index (χ1) is 5.33. The van der Waals surface area contributed by atoms with Gasteiger partial charge in [0.05, 0.1) is 0 Å². The summed E-state index contributed by atoms with van der Waals surface area (Å²) in [6.07, 6.45) is 0. The quantitative estimate of drug-likeness (QED) is 0.764. The second-order valence-corrected chi connectivity index (χ2v) is 3.24. The van der Waals surface area contributed by atoms with E-state index < -0.39 is 6.67 Å². The molecule has 0 saturated heterocycles. The lowest BCUT2D eigenvalue weighted by molar-refractivity contribution is 0.273. The minimum Gasteiger partial charge on any atom is -0.491 e. The smallest absolute Gasteiger partial charge is 0.123 e. The van der Waals surface area contributed by atoms with Crippen molar-refractivity contribution in [2.75, 3.05) is 13.3 Å². The van der Waals surface area contributed by atoms with E-state index in [1.54, 1.807) is 0 Å². The summed E-state index contributed by atoms with van der Waals surface area (Å²) >= 11 is 2.20. The van der Waals surface area contributed by atoms with Crippen molar-refractivity contribution in [3.05, 3.63) is 27.8 Å². The Hall–Kier alpha value is -0.320. The van der Waals surface area contributed by atoms with Crippen LogP contribution in [0, 0.1) is 3.57 Å². The molecular formula is C8H8FIO. The summed E-state index contributed by atoms with van der Waals surface area (Å²) in [6, 6.07) is 7.51. The Labute approximate surface area is 78.7 Å². The van der Waals surface area contributed by atoms with Gasteiger partial charge in [-0.2, -0.15) is 0 Å². The predicted octanol–water partition coefficient (Wildman–Crippen LogP) is 2.64. The van der Waals surface area contributed by atoms with Crippen LogP contribution in [0.4, 0.5) is 4.39 Å². The molecule has 0 amide bonds. The fraction of sp³-hybridized carbons (Fsp3) is 0.250. The Bertz CT molecular complexity index is 210. The van der Waals surface area contributed by atoms with Gasteiger partial charge in [0.15, 0.2) is 0 Å². The summed E-state index contributed by atoms with van der Waals surface area (Å²) in [4.78, 5) is 0. The molecule has 1 nitrogen and oxygen atoms in total. The number of hydrogen-bond acceptors (Lipinski definition) is 1. The topological polar surface area (TPSA) is 9.23 Å². The van der Waals surface area contributed by atoms with Crippen LogP contribution in [0.3, 0.4) is 0 Å². The fourth-order valence-electron chi connectivity index (χ4n) is 0.687. The van der Waals surface area contributed by atoms with Crippen molar-refractivity contribution in [1.29, 1.82) is 0 Å². The van der Waals surface area contributed by atoms with Crippen molar-refractivity contribution < 1.29 is 9.13 Å². The van der Waals surface area contributed by atoms with Crippen LogP contribution in [0.15, 0.2) is 24.3 Å². The molecule has 0 aliphatic heterocycles. The lowest BCUT2D eigenvalue weighted by Crippen LogP contribution is -1.97. The Morgan fingerprint density at radius 1 is 1.27 bits per heavy atom. The molecule has 0 unspecified atom stereocenters. The molecule has 0 saturated carbocycles. The molecule has 3 heteroatoms. The van der Waals surface area contributed by atoms with Gasteiger partial charge >= 0.3 is 0 Å². The first kappa shape index (κ1) is 8.77. The van der Waals surface area contributed by atoms with Gasteiger partial charge in [-0.1, -0.05) is 0 Å². The zero-order valence-corrected chi connectivity index (χ0v) is 8.05. The molecule has 0 heterocycles. The van der Waals surface area contributed by atoms with Gasteiger partial charge in [0, 0.05) is 3.57 Å². The van der Waals surface area contributed by atoms with Crippen molar-refractivity contribution in [2.24, 2.45) is 0 Å². The maximum absolute atomic E-state index is 11.6. The molecule has 0 aliphatic rings. The zero-order valence-electron chi connectivity index (χ0n) is 5.89. The molecule has 1 aromatic carbocycles. The van der Waals surface area contributed by atoms with E-state index in [0.717, 1.165) is 9.32 Å². The van der Waals surface area contributed by atoms with Crippen molar-refractivity contribution in [3.8, 4) is 5.75 Å². The highest BCUT2D eigenvalue weighted by Crippen LogP contribution is 2.12. The monoisotopic (exact) mass is 266 g/mol. The average molecular weight is 266 g/mol. The highest BCUT2D eigenvalue weighted by Gasteiger charge is 1.91. The maximum Gasteiger partial charge on any atom is 0.123 e. The van der Waals surface area contributed by atoms with Gasteiger partial charge in [0.1, 0.15) is 19.0 Å². The van der Waals surface area contributed by atoms with Crippen LogP contribution >= 0.6 is 22.6 Å². The van der Waals surface area contributed by atoms with E-state index in [0.29, 0.717) is 0 Å². The van der Waals surface area contributed by atoms with Crippen LogP contribution in [0.5, 0.6) is 5.75 Å². The number of alkyl halides is 1. The molecule has 0 radical (unpaired) electrons. The van der Waals surface area contributed by atoms with Crippen LogP contribution < -0.4 is 4.74 Å². The maximum atomic E-state index is 11.6. The van der Waals surface area contributed by atoms with Gasteiger partial charge in [-0.25, -0.2) is 4.39 Å². The third-order valence-electron chi connectivity index (χ3n) is 1.16. The molecule has 0 atom stereocenters. The van der Waals surface area contributed by atoms with Crippen LogP contribution in [0.1, 0.15) is 0 Å². The molecule has 1 rings (SSSR count). The largest absolute Gasteiger partial charge is 0.491 e. The molecule has 0 aliphatic carbocycles. The number of ether oxygens (including phenoxy) is 1. The third kappa shape index (κ3) is 3.05. The summed E-state index contributed by atoms with van der Waals surface area (Å²) in [5.74, 6) is 0.725. The highest BCUT2D eigenvalue weighted by atomic mass is 127. The molecule has 0 bridgehead atoms. The number of halogens is 2. The predicted molar refractivity (Wildman–Crippen MR) is 50.6 cm³/mol. The molecule has 0 spiro atoms. The molecular weight excluding hydrogens is 258 g/mol. The average Bonchev–Trinajstić information content (AvgIpc) is 2.04. The second kappa shape index (κ2) is 4.54. The molecule has 11 heavy (non-hydrogen) atoms. The van der Waals surface area contributed by atoms with Gasteiger partial charge in [-0.3, -0.25) is 0 Å².